The Kier molecular flexibility index (Phi) is 6.42. The molecule has 3 aromatic rings. The monoisotopic (exact) mass is 446 g/mol. The molecule has 0 unspecified atom stereocenters. The van der Waals surface area contributed by atoms with Crippen LogP contribution in [0, 0.1) is 0 Å². The molecule has 32 heavy (non-hydrogen) atoms. The number of aliphatic hydroxyl groups is 3. The Bertz CT molecular complexity index is 1190. The third-order valence-electron chi connectivity index (χ3n) is 5.52. The number of fused-ring (bicyclic) bond motifs is 1. The summed E-state index contributed by atoms with van der Waals surface area (Å²) in [7, 11) is 0. The maximum Gasteiger partial charge on any atom is 0.333 e. The minimum Gasteiger partial charge on any atom is -0.394 e. The summed E-state index contributed by atoms with van der Waals surface area (Å²) in [5.74, 6) is 0. The van der Waals surface area contributed by atoms with E-state index in [1.54, 1.807) is 0 Å². The Morgan fingerprint density at radius 3 is 2.53 bits per heavy atom. The number of imidazole rings is 1. The van der Waals surface area contributed by atoms with Crippen molar-refractivity contribution < 1.29 is 24.9 Å². The predicted molar refractivity (Wildman–Crippen MR) is 113 cm³/mol. The van der Waals surface area contributed by atoms with Crippen molar-refractivity contribution >= 4 is 11.2 Å². The van der Waals surface area contributed by atoms with E-state index in [0.29, 0.717) is 13.0 Å². The zero-order chi connectivity index (χ0) is 22.8. The standard InChI is InChI=1S/C21H26N4O7/c1-2-3-9-23-18-15(19(29)24(21(23)30)10-13-7-5-4-6-8-13)25(12-22-18)32-20-17(28)16(27)14(11-26)31-20/h4-8,12,14,16-17,20,26-28H,2-3,9-11H2,1H3/t14-,16-,17-,20-/m1/s1. The first-order chi connectivity index (χ1) is 15.5. The van der Waals surface area contributed by atoms with Crippen LogP contribution in [0.3, 0.4) is 0 Å². The van der Waals surface area contributed by atoms with Crippen LogP contribution in [0.1, 0.15) is 25.3 Å². The first-order valence-corrected chi connectivity index (χ1v) is 10.5. The number of rotatable bonds is 8. The van der Waals surface area contributed by atoms with Gasteiger partial charge in [-0.1, -0.05) is 43.7 Å². The Morgan fingerprint density at radius 2 is 1.88 bits per heavy atom. The molecule has 1 fully saturated rings. The van der Waals surface area contributed by atoms with Gasteiger partial charge >= 0.3 is 5.69 Å². The molecule has 11 nitrogen and oxygen atoms in total. The average Bonchev–Trinajstić information content (AvgIpc) is 3.33. The molecule has 4 rings (SSSR count). The summed E-state index contributed by atoms with van der Waals surface area (Å²) in [5, 5.41) is 29.4. The number of aryl methyl sites for hydroxylation is 1. The number of nitrogens with zero attached hydrogens (tertiary/aromatic N) is 4. The van der Waals surface area contributed by atoms with Crippen molar-refractivity contribution in [1.82, 2.24) is 18.8 Å². The van der Waals surface area contributed by atoms with Gasteiger partial charge in [0, 0.05) is 6.54 Å². The van der Waals surface area contributed by atoms with Gasteiger partial charge in [0.15, 0.2) is 11.2 Å². The molecule has 3 N–H and O–H groups in total. The highest BCUT2D eigenvalue weighted by molar-refractivity contribution is 5.69. The number of unbranched alkanes of at least 4 members (excludes halogenated alkanes) is 1. The highest BCUT2D eigenvalue weighted by Crippen LogP contribution is 2.21. The fraction of sp³-hybridized carbons (Fsp3) is 0.476. The molecule has 0 aliphatic carbocycles. The molecule has 0 saturated carbocycles. The lowest BCUT2D eigenvalue weighted by atomic mass is 10.1. The van der Waals surface area contributed by atoms with Gasteiger partial charge in [-0.25, -0.2) is 9.78 Å². The van der Waals surface area contributed by atoms with Crippen LogP contribution in [0.25, 0.3) is 11.2 Å². The molecule has 0 spiro atoms. The van der Waals surface area contributed by atoms with Crippen LogP contribution in [0.15, 0.2) is 46.2 Å². The SMILES string of the molecule is CCCCn1c(=O)n(Cc2ccccc2)c(=O)c2c1ncn2O[C@H]1O[C@H](CO)[C@@H](O)[C@H]1O. The second-order valence-corrected chi connectivity index (χ2v) is 7.72. The van der Waals surface area contributed by atoms with Crippen LogP contribution in [-0.4, -0.2) is 65.4 Å². The normalized spacial score (nSPS) is 23.1. The van der Waals surface area contributed by atoms with E-state index in [4.69, 9.17) is 9.57 Å². The van der Waals surface area contributed by atoms with Crippen molar-refractivity contribution in [3.8, 4) is 0 Å². The van der Waals surface area contributed by atoms with E-state index in [9.17, 15) is 24.9 Å². The Hall–Kier alpha value is -2.99. The molecule has 11 heteroatoms. The van der Waals surface area contributed by atoms with Gasteiger partial charge in [0.1, 0.15) is 24.6 Å². The molecule has 0 radical (unpaired) electrons. The molecule has 1 aromatic carbocycles. The summed E-state index contributed by atoms with van der Waals surface area (Å²) in [4.78, 5) is 36.3. The molecule has 1 aliphatic rings. The van der Waals surface area contributed by atoms with Crippen molar-refractivity contribution in [1.29, 1.82) is 0 Å². The number of ether oxygens (including phenoxy) is 1. The van der Waals surface area contributed by atoms with Crippen molar-refractivity contribution in [3.05, 3.63) is 63.1 Å². The van der Waals surface area contributed by atoms with Crippen LogP contribution >= 0.6 is 0 Å². The highest BCUT2D eigenvalue weighted by atomic mass is 16.8. The smallest absolute Gasteiger partial charge is 0.333 e. The maximum atomic E-state index is 13.3. The van der Waals surface area contributed by atoms with Gasteiger partial charge in [0.05, 0.1) is 13.2 Å². The second kappa shape index (κ2) is 9.25. The summed E-state index contributed by atoms with van der Waals surface area (Å²) in [6, 6.07) is 9.13. The van der Waals surface area contributed by atoms with Gasteiger partial charge in [-0.3, -0.25) is 13.9 Å². The predicted octanol–water partition coefficient (Wildman–Crippen LogP) is -0.924. The van der Waals surface area contributed by atoms with Crippen LogP contribution in [0.2, 0.25) is 0 Å². The molecule has 1 aliphatic heterocycles. The topological polar surface area (TPSA) is 141 Å². The zero-order valence-electron chi connectivity index (χ0n) is 17.6. The number of aromatic nitrogens is 4. The molecule has 3 heterocycles. The number of hydrogen-bond acceptors (Lipinski definition) is 8. The lowest BCUT2D eigenvalue weighted by molar-refractivity contribution is -0.168. The average molecular weight is 446 g/mol. The largest absolute Gasteiger partial charge is 0.394 e. The van der Waals surface area contributed by atoms with Gasteiger partial charge < -0.3 is 24.9 Å². The maximum absolute atomic E-state index is 13.3. The van der Waals surface area contributed by atoms with Crippen LogP contribution in [0.4, 0.5) is 0 Å². The summed E-state index contributed by atoms with van der Waals surface area (Å²) >= 11 is 0. The third kappa shape index (κ3) is 3.95. The highest BCUT2D eigenvalue weighted by Gasteiger charge is 2.44. The van der Waals surface area contributed by atoms with Gasteiger partial charge in [-0.2, -0.15) is 4.73 Å². The lowest BCUT2D eigenvalue weighted by Crippen LogP contribution is -2.42. The number of hydrogen-bond donors (Lipinski definition) is 3. The summed E-state index contributed by atoms with van der Waals surface area (Å²) < 4.78 is 8.93. The van der Waals surface area contributed by atoms with E-state index < -0.39 is 42.5 Å². The van der Waals surface area contributed by atoms with E-state index in [1.807, 2.05) is 37.3 Å². The van der Waals surface area contributed by atoms with Crippen molar-refractivity contribution in [2.45, 2.75) is 57.5 Å². The Balaban J connectivity index is 1.79. The van der Waals surface area contributed by atoms with E-state index in [0.717, 1.165) is 21.3 Å². The summed E-state index contributed by atoms with van der Waals surface area (Å²) in [6.45, 7) is 1.92. The minimum atomic E-state index is -1.44. The molecule has 172 valence electrons. The van der Waals surface area contributed by atoms with Crippen molar-refractivity contribution in [2.24, 2.45) is 0 Å². The molecule has 4 atom stereocenters. The molecule has 0 bridgehead atoms. The van der Waals surface area contributed by atoms with Gasteiger partial charge in [-0.05, 0) is 12.0 Å². The summed E-state index contributed by atoms with van der Waals surface area (Å²) in [5.41, 5.74) is -0.133. The van der Waals surface area contributed by atoms with E-state index in [1.165, 1.54) is 10.9 Å². The van der Waals surface area contributed by atoms with Gasteiger partial charge in [-0.15, -0.1) is 0 Å². The fourth-order valence-electron chi connectivity index (χ4n) is 3.73. The van der Waals surface area contributed by atoms with Gasteiger partial charge in [0.25, 0.3) is 11.8 Å². The third-order valence-corrected chi connectivity index (χ3v) is 5.52. The molecule has 2 aromatic heterocycles. The first kappa shape index (κ1) is 22.2. The number of aliphatic hydroxyl groups excluding tert-OH is 3. The van der Waals surface area contributed by atoms with E-state index in [-0.39, 0.29) is 17.7 Å². The quantitative estimate of drug-likeness (QED) is 0.403. The summed E-state index contributed by atoms with van der Waals surface area (Å²) in [6.07, 6.45) is -2.39. The van der Waals surface area contributed by atoms with Crippen molar-refractivity contribution in [2.75, 3.05) is 6.61 Å². The second-order valence-electron chi connectivity index (χ2n) is 7.72. The van der Waals surface area contributed by atoms with Crippen molar-refractivity contribution in [3.63, 3.8) is 0 Å². The molecular weight excluding hydrogens is 420 g/mol. The molecule has 1 saturated heterocycles. The molecular formula is C21H26N4O7. The molecule has 0 amide bonds. The van der Waals surface area contributed by atoms with Crippen LogP contribution in [-0.2, 0) is 17.8 Å². The Morgan fingerprint density at radius 1 is 1.12 bits per heavy atom. The fourth-order valence-corrected chi connectivity index (χ4v) is 3.73. The lowest BCUT2D eigenvalue weighted by Gasteiger charge is -2.17. The van der Waals surface area contributed by atoms with Crippen LogP contribution in [0.5, 0.6) is 0 Å². The van der Waals surface area contributed by atoms with E-state index in [2.05, 4.69) is 4.98 Å². The zero-order valence-corrected chi connectivity index (χ0v) is 17.6. The number of benzene rings is 1. The van der Waals surface area contributed by atoms with Gasteiger partial charge in [0.2, 0.25) is 0 Å². The van der Waals surface area contributed by atoms with Crippen LogP contribution < -0.4 is 16.1 Å². The van der Waals surface area contributed by atoms with E-state index >= 15 is 0 Å². The minimum absolute atomic E-state index is 0.00868. The first-order valence-electron chi connectivity index (χ1n) is 10.5. The Labute approximate surface area is 182 Å².